The van der Waals surface area contributed by atoms with Gasteiger partial charge in [0.15, 0.2) is 17.5 Å². The highest BCUT2D eigenvalue weighted by molar-refractivity contribution is 5.18. The summed E-state index contributed by atoms with van der Waals surface area (Å²) in [6.45, 7) is 5.02. The second-order valence-corrected chi connectivity index (χ2v) is 4.22. The number of halogens is 2. The van der Waals surface area contributed by atoms with E-state index in [1.165, 1.54) is 6.07 Å². The van der Waals surface area contributed by atoms with Gasteiger partial charge in [0.1, 0.15) is 0 Å². The Morgan fingerprint density at radius 2 is 2.11 bits per heavy atom. The lowest BCUT2D eigenvalue weighted by molar-refractivity contribution is 0.499. The molecule has 0 aliphatic carbocycles. The summed E-state index contributed by atoms with van der Waals surface area (Å²) in [5.41, 5.74) is 0.608. The number of aromatic nitrogens is 4. The van der Waals surface area contributed by atoms with E-state index in [9.17, 15) is 8.78 Å². The molecule has 1 heterocycles. The van der Waals surface area contributed by atoms with Gasteiger partial charge < -0.3 is 5.32 Å². The van der Waals surface area contributed by atoms with Gasteiger partial charge in [-0.3, -0.25) is 0 Å². The van der Waals surface area contributed by atoms with Crippen LogP contribution in [0.25, 0.3) is 0 Å². The van der Waals surface area contributed by atoms with E-state index < -0.39 is 11.6 Å². The van der Waals surface area contributed by atoms with Crippen molar-refractivity contribution in [3.63, 3.8) is 0 Å². The zero-order chi connectivity index (χ0) is 13.8. The van der Waals surface area contributed by atoms with E-state index in [1.54, 1.807) is 4.68 Å². The quantitative estimate of drug-likeness (QED) is 0.895. The third-order valence-corrected chi connectivity index (χ3v) is 2.77. The molecule has 19 heavy (non-hydrogen) atoms. The van der Waals surface area contributed by atoms with Crippen molar-refractivity contribution in [3.8, 4) is 0 Å². The van der Waals surface area contributed by atoms with Crippen molar-refractivity contribution in [2.24, 2.45) is 0 Å². The Hall–Kier alpha value is -1.89. The minimum absolute atomic E-state index is 0.00899. The van der Waals surface area contributed by atoms with Gasteiger partial charge in [0.05, 0.1) is 12.6 Å². The van der Waals surface area contributed by atoms with Crippen molar-refractivity contribution in [2.75, 3.05) is 6.54 Å². The molecule has 5 nitrogen and oxygen atoms in total. The van der Waals surface area contributed by atoms with Gasteiger partial charge in [-0.05, 0) is 41.6 Å². The monoisotopic (exact) mass is 267 g/mol. The average Bonchev–Trinajstić information content (AvgIpc) is 2.82. The second-order valence-electron chi connectivity index (χ2n) is 4.22. The molecule has 1 atom stereocenters. The van der Waals surface area contributed by atoms with Gasteiger partial charge in [-0.1, -0.05) is 13.0 Å². The fourth-order valence-electron chi connectivity index (χ4n) is 1.84. The lowest BCUT2D eigenvalue weighted by Gasteiger charge is -2.12. The third-order valence-electron chi connectivity index (χ3n) is 2.77. The van der Waals surface area contributed by atoms with Gasteiger partial charge in [0.25, 0.3) is 0 Å². The molecule has 0 saturated carbocycles. The molecule has 0 aliphatic rings. The van der Waals surface area contributed by atoms with Gasteiger partial charge in [0.2, 0.25) is 0 Å². The van der Waals surface area contributed by atoms with E-state index in [0.717, 1.165) is 18.7 Å². The summed E-state index contributed by atoms with van der Waals surface area (Å²) in [7, 11) is 0. The van der Waals surface area contributed by atoms with Crippen LogP contribution in [0.5, 0.6) is 0 Å². The molecule has 2 aromatic rings. The molecule has 1 aromatic carbocycles. The maximum absolute atomic E-state index is 13.1. The number of nitrogens with zero attached hydrogens (tertiary/aromatic N) is 4. The summed E-state index contributed by atoms with van der Waals surface area (Å²) in [6.07, 6.45) is 0. The summed E-state index contributed by atoms with van der Waals surface area (Å²) in [6, 6.07) is 3.76. The van der Waals surface area contributed by atoms with E-state index in [4.69, 9.17) is 0 Å². The molecule has 0 spiro atoms. The summed E-state index contributed by atoms with van der Waals surface area (Å²) in [4.78, 5) is 0. The van der Waals surface area contributed by atoms with Crippen molar-refractivity contribution >= 4 is 0 Å². The topological polar surface area (TPSA) is 55.6 Å². The molecule has 1 unspecified atom stereocenters. The Bertz CT molecular complexity index is 555. The first-order chi connectivity index (χ1) is 9.11. The molecule has 0 saturated heterocycles. The minimum atomic E-state index is -0.869. The first kappa shape index (κ1) is 13.5. The van der Waals surface area contributed by atoms with Crippen LogP contribution in [0, 0.1) is 11.6 Å². The summed E-state index contributed by atoms with van der Waals surface area (Å²) in [5.74, 6) is -1.07. The van der Waals surface area contributed by atoms with Gasteiger partial charge in [-0.25, -0.2) is 13.5 Å². The van der Waals surface area contributed by atoms with Crippen LogP contribution in [-0.4, -0.2) is 26.8 Å². The van der Waals surface area contributed by atoms with Crippen molar-refractivity contribution in [2.45, 2.75) is 26.4 Å². The first-order valence-electron chi connectivity index (χ1n) is 6.05. The van der Waals surface area contributed by atoms with Crippen molar-refractivity contribution in [3.05, 3.63) is 41.2 Å². The Kier molecular flexibility index (Phi) is 4.16. The van der Waals surface area contributed by atoms with Crippen LogP contribution in [0.15, 0.2) is 18.2 Å². The molecular formula is C12H15F2N5. The summed E-state index contributed by atoms with van der Waals surface area (Å²) in [5, 5.41) is 14.6. The van der Waals surface area contributed by atoms with Gasteiger partial charge >= 0.3 is 0 Å². The van der Waals surface area contributed by atoms with Crippen LogP contribution >= 0.6 is 0 Å². The van der Waals surface area contributed by atoms with Crippen LogP contribution in [0.2, 0.25) is 0 Å². The average molecular weight is 267 g/mol. The van der Waals surface area contributed by atoms with E-state index in [-0.39, 0.29) is 6.04 Å². The molecule has 0 radical (unpaired) electrons. The summed E-state index contributed by atoms with van der Waals surface area (Å²) < 4.78 is 27.6. The van der Waals surface area contributed by atoms with Crippen LogP contribution in [-0.2, 0) is 6.54 Å². The SMILES string of the molecule is CCNC(C)c1nnnn1Cc1ccc(F)c(F)c1. The molecule has 1 aromatic heterocycles. The first-order valence-corrected chi connectivity index (χ1v) is 6.05. The van der Waals surface area contributed by atoms with Crippen LogP contribution in [0.3, 0.4) is 0 Å². The zero-order valence-corrected chi connectivity index (χ0v) is 10.8. The highest BCUT2D eigenvalue weighted by Crippen LogP contribution is 2.12. The maximum Gasteiger partial charge on any atom is 0.168 e. The van der Waals surface area contributed by atoms with Crippen molar-refractivity contribution < 1.29 is 8.78 Å². The Balaban J connectivity index is 2.19. The van der Waals surface area contributed by atoms with Crippen LogP contribution < -0.4 is 5.32 Å². The third kappa shape index (κ3) is 3.11. The van der Waals surface area contributed by atoms with Gasteiger partial charge in [0, 0.05) is 0 Å². The lowest BCUT2D eigenvalue weighted by Crippen LogP contribution is -2.22. The smallest absolute Gasteiger partial charge is 0.168 e. The van der Waals surface area contributed by atoms with Crippen LogP contribution in [0.1, 0.15) is 31.3 Å². The number of benzene rings is 1. The Morgan fingerprint density at radius 1 is 1.32 bits per heavy atom. The molecular weight excluding hydrogens is 252 g/mol. The second kappa shape index (κ2) is 5.83. The molecule has 2 rings (SSSR count). The molecule has 7 heteroatoms. The number of hydrogen-bond acceptors (Lipinski definition) is 4. The fourth-order valence-corrected chi connectivity index (χ4v) is 1.84. The zero-order valence-electron chi connectivity index (χ0n) is 10.8. The summed E-state index contributed by atoms with van der Waals surface area (Å²) >= 11 is 0. The number of nitrogens with one attached hydrogen (secondary N) is 1. The van der Waals surface area contributed by atoms with Crippen molar-refractivity contribution in [1.82, 2.24) is 25.5 Å². The van der Waals surface area contributed by atoms with Crippen molar-refractivity contribution in [1.29, 1.82) is 0 Å². The molecule has 0 amide bonds. The standard InChI is InChI=1S/C12H15F2N5/c1-3-15-8(2)12-16-17-18-19(12)7-9-4-5-10(13)11(14)6-9/h4-6,8,15H,3,7H2,1-2H3. The Labute approximate surface area is 109 Å². The highest BCUT2D eigenvalue weighted by Gasteiger charge is 2.14. The fraction of sp³-hybridized carbons (Fsp3) is 0.417. The number of rotatable bonds is 5. The number of hydrogen-bond donors (Lipinski definition) is 1. The molecule has 1 N–H and O–H groups in total. The predicted octanol–water partition coefficient (Wildman–Crippen LogP) is 1.67. The van der Waals surface area contributed by atoms with E-state index >= 15 is 0 Å². The van der Waals surface area contributed by atoms with E-state index in [2.05, 4.69) is 20.8 Å². The molecule has 102 valence electrons. The highest BCUT2D eigenvalue weighted by atomic mass is 19.2. The normalized spacial score (nSPS) is 12.6. The number of tetrazole rings is 1. The minimum Gasteiger partial charge on any atom is -0.308 e. The van der Waals surface area contributed by atoms with E-state index in [1.807, 2.05) is 13.8 Å². The maximum atomic E-state index is 13.1. The van der Waals surface area contributed by atoms with Gasteiger partial charge in [-0.15, -0.1) is 5.10 Å². The van der Waals surface area contributed by atoms with Gasteiger partial charge in [-0.2, -0.15) is 0 Å². The van der Waals surface area contributed by atoms with E-state index in [0.29, 0.717) is 17.9 Å². The molecule has 0 fully saturated rings. The molecule has 0 aliphatic heterocycles. The Morgan fingerprint density at radius 3 is 2.79 bits per heavy atom. The molecule has 0 bridgehead atoms. The van der Waals surface area contributed by atoms with Crippen LogP contribution in [0.4, 0.5) is 8.78 Å². The predicted molar refractivity (Wildman–Crippen MR) is 65.4 cm³/mol. The lowest BCUT2D eigenvalue weighted by atomic mass is 10.2. The largest absolute Gasteiger partial charge is 0.308 e.